The van der Waals surface area contributed by atoms with E-state index in [1.165, 1.54) is 12.8 Å². The molecule has 0 saturated heterocycles. The molecule has 0 amide bonds. The largest absolute Gasteiger partial charge is 0.363 e. The zero-order valence-corrected chi connectivity index (χ0v) is 14.0. The fourth-order valence-corrected chi connectivity index (χ4v) is 2.95. The second kappa shape index (κ2) is 6.08. The highest BCUT2D eigenvalue weighted by atomic mass is 32.2. The van der Waals surface area contributed by atoms with E-state index in [-0.39, 0.29) is 5.54 Å². The van der Waals surface area contributed by atoms with Gasteiger partial charge in [-0.3, -0.25) is 0 Å². The van der Waals surface area contributed by atoms with Crippen LogP contribution in [0.1, 0.15) is 32.4 Å². The van der Waals surface area contributed by atoms with Gasteiger partial charge in [0.25, 0.3) is 0 Å². The normalized spacial score (nSPS) is 16.6. The van der Waals surface area contributed by atoms with Crippen molar-refractivity contribution in [3.05, 3.63) is 18.0 Å². The van der Waals surface area contributed by atoms with Gasteiger partial charge in [-0.2, -0.15) is 0 Å². The lowest BCUT2D eigenvalue weighted by atomic mass is 10.1. The van der Waals surface area contributed by atoms with Crippen molar-refractivity contribution in [3.63, 3.8) is 0 Å². The van der Waals surface area contributed by atoms with Crippen LogP contribution in [0.5, 0.6) is 0 Å². The Hall–Kier alpha value is -0.890. The number of rotatable bonds is 8. The predicted molar refractivity (Wildman–Crippen MR) is 83.6 cm³/mol. The maximum atomic E-state index is 12.3. The lowest BCUT2D eigenvalue weighted by Crippen LogP contribution is -2.48. The molecule has 0 spiro atoms. The molecule has 1 aromatic heterocycles. The number of H-pyrrole nitrogens is 1. The molecule has 1 aliphatic rings. The van der Waals surface area contributed by atoms with Crippen molar-refractivity contribution in [1.29, 1.82) is 0 Å². The van der Waals surface area contributed by atoms with Crippen molar-refractivity contribution >= 4 is 10.0 Å². The molecular formula is C14H26N4O2S. The second-order valence-corrected chi connectivity index (χ2v) is 8.31. The van der Waals surface area contributed by atoms with Crippen molar-refractivity contribution in [3.8, 4) is 0 Å². The monoisotopic (exact) mass is 314 g/mol. The molecule has 7 heteroatoms. The van der Waals surface area contributed by atoms with Crippen molar-refractivity contribution < 1.29 is 8.42 Å². The van der Waals surface area contributed by atoms with Crippen LogP contribution < -0.4 is 10.0 Å². The highest BCUT2D eigenvalue weighted by Crippen LogP contribution is 2.19. The average Bonchev–Trinajstić information content (AvgIpc) is 3.10. The second-order valence-electron chi connectivity index (χ2n) is 6.55. The fourth-order valence-electron chi connectivity index (χ4n) is 1.73. The van der Waals surface area contributed by atoms with Gasteiger partial charge in [-0.15, -0.1) is 0 Å². The van der Waals surface area contributed by atoms with E-state index < -0.39 is 10.0 Å². The molecule has 1 aliphatic carbocycles. The number of nitrogens with one attached hydrogen (secondary N) is 3. The van der Waals surface area contributed by atoms with Gasteiger partial charge < -0.3 is 15.2 Å². The van der Waals surface area contributed by atoms with Gasteiger partial charge in [0.2, 0.25) is 10.0 Å². The van der Waals surface area contributed by atoms with E-state index in [0.717, 1.165) is 5.69 Å². The van der Waals surface area contributed by atoms with Gasteiger partial charge in [0.1, 0.15) is 0 Å². The molecule has 0 aliphatic heterocycles. The molecular weight excluding hydrogens is 288 g/mol. The van der Waals surface area contributed by atoms with Crippen LogP contribution >= 0.6 is 0 Å². The maximum absolute atomic E-state index is 12.3. The van der Waals surface area contributed by atoms with E-state index in [9.17, 15) is 8.42 Å². The van der Waals surface area contributed by atoms with Crippen molar-refractivity contribution in [2.45, 2.75) is 49.7 Å². The molecule has 2 rings (SSSR count). The summed E-state index contributed by atoms with van der Waals surface area (Å²) in [6.45, 7) is 5.04. The Morgan fingerprint density at radius 2 is 2.05 bits per heavy atom. The molecule has 1 saturated carbocycles. The summed E-state index contributed by atoms with van der Waals surface area (Å²) in [7, 11) is 0.409. The Kier molecular flexibility index (Phi) is 4.77. The first-order valence-corrected chi connectivity index (χ1v) is 8.77. The third-order valence-electron chi connectivity index (χ3n) is 4.09. The summed E-state index contributed by atoms with van der Waals surface area (Å²) in [6.07, 6.45) is 3.98. The van der Waals surface area contributed by atoms with Crippen LogP contribution in [0.2, 0.25) is 0 Å². The molecule has 0 unspecified atom stereocenters. The van der Waals surface area contributed by atoms with Crippen LogP contribution in [0.25, 0.3) is 0 Å². The standard InChI is InChI=1S/C14H26N4O2S/c1-14(2,18(3)4)10-17-21(19,20)13-7-12(16-9-13)8-15-11-5-6-11/h7,9,11,15-17H,5-6,8,10H2,1-4H3. The van der Waals surface area contributed by atoms with Crippen LogP contribution in [0.3, 0.4) is 0 Å². The van der Waals surface area contributed by atoms with Gasteiger partial charge in [0.15, 0.2) is 0 Å². The first-order chi connectivity index (χ1) is 9.71. The summed E-state index contributed by atoms with van der Waals surface area (Å²) >= 11 is 0. The third kappa shape index (κ3) is 4.54. The molecule has 1 heterocycles. The molecule has 0 aromatic carbocycles. The Balaban J connectivity index is 1.95. The van der Waals surface area contributed by atoms with Gasteiger partial charge >= 0.3 is 0 Å². The smallest absolute Gasteiger partial charge is 0.242 e. The summed E-state index contributed by atoms with van der Waals surface area (Å²) in [5, 5.41) is 3.36. The molecule has 120 valence electrons. The van der Waals surface area contributed by atoms with E-state index in [1.54, 1.807) is 12.3 Å². The summed E-state index contributed by atoms with van der Waals surface area (Å²) in [5.74, 6) is 0. The first-order valence-electron chi connectivity index (χ1n) is 7.28. The average molecular weight is 314 g/mol. The minimum absolute atomic E-state index is 0.236. The highest BCUT2D eigenvalue weighted by Gasteiger charge is 2.25. The number of sulfonamides is 1. The molecule has 1 aromatic rings. The number of hydrogen-bond donors (Lipinski definition) is 3. The number of hydrogen-bond acceptors (Lipinski definition) is 4. The summed E-state index contributed by atoms with van der Waals surface area (Å²) < 4.78 is 27.3. The van der Waals surface area contributed by atoms with Crippen LogP contribution in [-0.2, 0) is 16.6 Å². The van der Waals surface area contributed by atoms with Crippen molar-refractivity contribution in [2.75, 3.05) is 20.6 Å². The van der Waals surface area contributed by atoms with Crippen LogP contribution in [0, 0.1) is 0 Å². The topological polar surface area (TPSA) is 77.2 Å². The Morgan fingerprint density at radius 3 is 2.62 bits per heavy atom. The third-order valence-corrected chi connectivity index (χ3v) is 5.47. The SMILES string of the molecule is CN(C)C(C)(C)CNS(=O)(=O)c1c[nH]c(CNC2CC2)c1. The molecule has 6 nitrogen and oxygen atoms in total. The summed E-state index contributed by atoms with van der Waals surface area (Å²) in [5.41, 5.74) is 0.661. The lowest BCUT2D eigenvalue weighted by Gasteiger charge is -2.32. The van der Waals surface area contributed by atoms with Gasteiger partial charge in [0.05, 0.1) is 4.90 Å². The van der Waals surface area contributed by atoms with E-state index in [0.29, 0.717) is 24.0 Å². The van der Waals surface area contributed by atoms with Crippen molar-refractivity contribution in [1.82, 2.24) is 19.9 Å². The maximum Gasteiger partial charge on any atom is 0.242 e. The van der Waals surface area contributed by atoms with E-state index >= 15 is 0 Å². The quantitative estimate of drug-likeness (QED) is 0.666. The molecule has 0 atom stereocenters. The predicted octanol–water partition coefficient (Wildman–Crippen LogP) is 0.885. The zero-order valence-electron chi connectivity index (χ0n) is 13.2. The van der Waals surface area contributed by atoms with Gasteiger partial charge in [-0.05, 0) is 46.9 Å². The number of nitrogens with zero attached hydrogens (tertiary/aromatic N) is 1. The van der Waals surface area contributed by atoms with Crippen LogP contribution in [0.15, 0.2) is 17.2 Å². The molecule has 0 radical (unpaired) electrons. The van der Waals surface area contributed by atoms with E-state index in [4.69, 9.17) is 0 Å². The number of aromatic amines is 1. The number of aromatic nitrogens is 1. The van der Waals surface area contributed by atoms with Gasteiger partial charge in [0, 0.05) is 36.6 Å². The lowest BCUT2D eigenvalue weighted by molar-refractivity contribution is 0.199. The van der Waals surface area contributed by atoms with Gasteiger partial charge in [-0.25, -0.2) is 13.1 Å². The molecule has 1 fully saturated rings. The minimum atomic E-state index is -3.46. The van der Waals surface area contributed by atoms with Crippen molar-refractivity contribution in [2.24, 2.45) is 0 Å². The molecule has 3 N–H and O–H groups in total. The fraction of sp³-hybridized carbons (Fsp3) is 0.714. The Labute approximate surface area is 127 Å². The summed E-state index contributed by atoms with van der Waals surface area (Å²) in [6, 6.07) is 2.30. The van der Waals surface area contributed by atoms with Crippen LogP contribution in [-0.4, -0.2) is 50.5 Å². The van der Waals surface area contributed by atoms with E-state index in [1.807, 2.05) is 32.8 Å². The highest BCUT2D eigenvalue weighted by molar-refractivity contribution is 7.89. The summed E-state index contributed by atoms with van der Waals surface area (Å²) in [4.78, 5) is 5.32. The molecule has 21 heavy (non-hydrogen) atoms. The Morgan fingerprint density at radius 1 is 1.38 bits per heavy atom. The van der Waals surface area contributed by atoms with Crippen LogP contribution in [0.4, 0.5) is 0 Å². The zero-order chi connectivity index (χ0) is 15.7. The first kappa shape index (κ1) is 16.5. The minimum Gasteiger partial charge on any atom is -0.363 e. The number of likely N-dealkylation sites (N-methyl/N-ethyl adjacent to an activating group) is 1. The van der Waals surface area contributed by atoms with Gasteiger partial charge in [-0.1, -0.05) is 0 Å². The molecule has 0 bridgehead atoms. The Bertz CT molecular complexity index is 574. The van der Waals surface area contributed by atoms with E-state index in [2.05, 4.69) is 15.0 Å².